The van der Waals surface area contributed by atoms with Crippen molar-refractivity contribution in [2.45, 2.75) is 43.7 Å². The molecule has 1 saturated heterocycles. The zero-order chi connectivity index (χ0) is 12.9. The number of hydrogen-bond donors (Lipinski definition) is 0. The van der Waals surface area contributed by atoms with E-state index in [9.17, 15) is 0 Å². The highest BCUT2D eigenvalue weighted by molar-refractivity contribution is 5.62. The first-order chi connectivity index (χ1) is 9.33. The Hall–Kier alpha value is -1.51. The second kappa shape index (κ2) is 3.99. The Morgan fingerprint density at radius 2 is 2.32 bits per heavy atom. The molecule has 0 amide bonds. The first-order valence-corrected chi connectivity index (χ1v) is 7.29. The fourth-order valence-corrected chi connectivity index (χ4v) is 4.25. The number of fused-ring (bicyclic) bond motifs is 4. The Bertz CT molecular complexity index is 540. The van der Waals surface area contributed by atoms with Crippen molar-refractivity contribution < 1.29 is 4.74 Å². The smallest absolute Gasteiger partial charge is 0.119 e. The molecule has 0 N–H and O–H groups in total. The Labute approximate surface area is 114 Å². The van der Waals surface area contributed by atoms with Crippen LogP contribution in [0, 0.1) is 0 Å². The summed E-state index contributed by atoms with van der Waals surface area (Å²) in [6.45, 7) is 0.993. The van der Waals surface area contributed by atoms with E-state index in [1.54, 1.807) is 7.11 Å². The summed E-state index contributed by atoms with van der Waals surface area (Å²) < 4.78 is 5.36. The van der Waals surface area contributed by atoms with Gasteiger partial charge in [-0.2, -0.15) is 0 Å². The number of aliphatic imine (C=N–C) groups is 1. The average molecular weight is 256 g/mol. The molecule has 0 bridgehead atoms. The fourth-order valence-electron chi connectivity index (χ4n) is 4.25. The normalized spacial score (nSPS) is 31.6. The maximum absolute atomic E-state index is 5.36. The topological polar surface area (TPSA) is 24.8 Å². The van der Waals surface area contributed by atoms with Crippen LogP contribution in [0.25, 0.3) is 0 Å². The summed E-state index contributed by atoms with van der Waals surface area (Å²) >= 11 is 0. The van der Waals surface area contributed by atoms with Crippen molar-refractivity contribution >= 4 is 6.34 Å². The zero-order valence-corrected chi connectivity index (χ0v) is 11.4. The maximum atomic E-state index is 5.36. The Balaban J connectivity index is 1.79. The quantitative estimate of drug-likeness (QED) is 0.772. The van der Waals surface area contributed by atoms with Gasteiger partial charge in [0.25, 0.3) is 0 Å². The van der Waals surface area contributed by atoms with Crippen molar-refractivity contribution in [3.05, 3.63) is 29.3 Å². The molecule has 1 fully saturated rings. The molecule has 1 aromatic rings. The standard InChI is InChI=1S/C16H20N2O/c1-19-14-4-5-15-12(9-14)6-8-16(15)7-2-3-13-10-17-11-18(13)16/h4-5,9,11,13H,2-3,6-8,10H2,1H3. The van der Waals surface area contributed by atoms with Gasteiger partial charge in [0.15, 0.2) is 0 Å². The lowest BCUT2D eigenvalue weighted by atomic mass is 9.79. The minimum atomic E-state index is 0.227. The van der Waals surface area contributed by atoms with Crippen molar-refractivity contribution in [1.82, 2.24) is 4.90 Å². The van der Waals surface area contributed by atoms with Crippen LogP contribution in [0.2, 0.25) is 0 Å². The van der Waals surface area contributed by atoms with Crippen molar-refractivity contribution in [1.29, 1.82) is 0 Å². The molecule has 19 heavy (non-hydrogen) atoms. The van der Waals surface area contributed by atoms with E-state index in [2.05, 4.69) is 34.4 Å². The van der Waals surface area contributed by atoms with Crippen LogP contribution >= 0.6 is 0 Å². The summed E-state index contributed by atoms with van der Waals surface area (Å²) in [5, 5.41) is 0. The number of rotatable bonds is 1. The van der Waals surface area contributed by atoms with Gasteiger partial charge in [0.2, 0.25) is 0 Å². The summed E-state index contributed by atoms with van der Waals surface area (Å²) in [6.07, 6.45) is 8.42. The lowest BCUT2D eigenvalue weighted by molar-refractivity contribution is 0.0851. The minimum absolute atomic E-state index is 0.227. The molecule has 0 radical (unpaired) electrons. The maximum Gasteiger partial charge on any atom is 0.119 e. The molecular formula is C16H20N2O. The first kappa shape index (κ1) is 11.3. The number of benzene rings is 1. The van der Waals surface area contributed by atoms with Gasteiger partial charge in [-0.15, -0.1) is 0 Å². The number of ether oxygens (including phenoxy) is 1. The van der Waals surface area contributed by atoms with Gasteiger partial charge in [-0.3, -0.25) is 4.99 Å². The van der Waals surface area contributed by atoms with Crippen LogP contribution < -0.4 is 4.74 Å². The van der Waals surface area contributed by atoms with Gasteiger partial charge in [0.1, 0.15) is 5.75 Å². The number of nitrogens with zero attached hydrogens (tertiary/aromatic N) is 2. The zero-order valence-electron chi connectivity index (χ0n) is 11.4. The fraction of sp³-hybridized carbons (Fsp3) is 0.562. The van der Waals surface area contributed by atoms with E-state index in [1.165, 1.54) is 43.2 Å². The van der Waals surface area contributed by atoms with Gasteiger partial charge in [0, 0.05) is 0 Å². The highest BCUT2D eigenvalue weighted by Crippen LogP contribution is 2.50. The van der Waals surface area contributed by atoms with Crippen LogP contribution in [0.1, 0.15) is 36.8 Å². The highest BCUT2D eigenvalue weighted by Gasteiger charge is 2.48. The molecule has 0 saturated carbocycles. The van der Waals surface area contributed by atoms with E-state index >= 15 is 0 Å². The lowest BCUT2D eigenvalue weighted by Gasteiger charge is -2.47. The predicted molar refractivity (Wildman–Crippen MR) is 75.8 cm³/mol. The van der Waals surface area contributed by atoms with Gasteiger partial charge in [-0.25, -0.2) is 0 Å². The second-order valence-electron chi connectivity index (χ2n) is 5.99. The molecule has 3 nitrogen and oxygen atoms in total. The molecule has 2 atom stereocenters. The number of aryl methyl sites for hydroxylation is 1. The number of hydrogen-bond acceptors (Lipinski definition) is 3. The number of methoxy groups -OCH3 is 1. The van der Waals surface area contributed by atoms with E-state index in [-0.39, 0.29) is 5.54 Å². The summed E-state index contributed by atoms with van der Waals surface area (Å²) in [4.78, 5) is 7.09. The van der Waals surface area contributed by atoms with Gasteiger partial charge < -0.3 is 9.64 Å². The molecule has 1 aliphatic carbocycles. The molecule has 2 aliphatic heterocycles. The van der Waals surface area contributed by atoms with Crippen LogP contribution in [0.5, 0.6) is 5.75 Å². The SMILES string of the molecule is COc1ccc2c(c1)CCC21CCCC2CN=CN21. The monoisotopic (exact) mass is 256 g/mol. The van der Waals surface area contributed by atoms with Crippen LogP contribution in [0.15, 0.2) is 23.2 Å². The predicted octanol–water partition coefficient (Wildman–Crippen LogP) is 2.73. The van der Waals surface area contributed by atoms with Gasteiger partial charge in [-0.05, 0) is 55.4 Å². The molecular weight excluding hydrogens is 236 g/mol. The van der Waals surface area contributed by atoms with E-state index in [1.807, 2.05) is 0 Å². The molecule has 2 unspecified atom stereocenters. The summed E-state index contributed by atoms with van der Waals surface area (Å²) in [7, 11) is 1.75. The Morgan fingerprint density at radius 1 is 1.37 bits per heavy atom. The third kappa shape index (κ3) is 1.47. The molecule has 0 aromatic heterocycles. The molecule has 2 heterocycles. The van der Waals surface area contributed by atoms with Gasteiger partial charge in [0.05, 0.1) is 31.6 Å². The first-order valence-electron chi connectivity index (χ1n) is 7.29. The summed E-state index contributed by atoms with van der Waals surface area (Å²) in [6, 6.07) is 7.26. The Morgan fingerprint density at radius 3 is 3.21 bits per heavy atom. The molecule has 100 valence electrons. The number of piperidine rings is 1. The van der Waals surface area contributed by atoms with Crippen molar-refractivity contribution in [2.24, 2.45) is 4.99 Å². The second-order valence-corrected chi connectivity index (χ2v) is 5.99. The lowest BCUT2D eigenvalue weighted by Crippen LogP contribution is -2.51. The van der Waals surface area contributed by atoms with Crippen LogP contribution in [0.4, 0.5) is 0 Å². The van der Waals surface area contributed by atoms with Gasteiger partial charge in [-0.1, -0.05) is 6.07 Å². The average Bonchev–Trinajstić information content (AvgIpc) is 3.05. The summed E-state index contributed by atoms with van der Waals surface area (Å²) in [5.74, 6) is 0.984. The largest absolute Gasteiger partial charge is 0.497 e. The van der Waals surface area contributed by atoms with E-state index in [0.717, 1.165) is 12.3 Å². The molecule has 3 aliphatic rings. The van der Waals surface area contributed by atoms with Gasteiger partial charge >= 0.3 is 0 Å². The Kier molecular flexibility index (Phi) is 2.38. The van der Waals surface area contributed by atoms with E-state index in [4.69, 9.17) is 4.74 Å². The minimum Gasteiger partial charge on any atom is -0.497 e. The van der Waals surface area contributed by atoms with Crippen LogP contribution in [-0.4, -0.2) is 30.9 Å². The van der Waals surface area contributed by atoms with E-state index < -0.39 is 0 Å². The molecule has 4 rings (SSSR count). The van der Waals surface area contributed by atoms with Crippen LogP contribution in [0.3, 0.4) is 0 Å². The molecule has 3 heteroatoms. The molecule has 1 spiro atoms. The van der Waals surface area contributed by atoms with Crippen LogP contribution in [-0.2, 0) is 12.0 Å². The molecule has 1 aromatic carbocycles. The third-order valence-corrected chi connectivity index (χ3v) is 5.16. The van der Waals surface area contributed by atoms with Crippen molar-refractivity contribution in [3.63, 3.8) is 0 Å². The van der Waals surface area contributed by atoms with Crippen molar-refractivity contribution in [2.75, 3.05) is 13.7 Å². The van der Waals surface area contributed by atoms with E-state index in [0.29, 0.717) is 6.04 Å². The highest BCUT2D eigenvalue weighted by atomic mass is 16.5. The summed E-state index contributed by atoms with van der Waals surface area (Å²) in [5.41, 5.74) is 3.22. The third-order valence-electron chi connectivity index (χ3n) is 5.16. The van der Waals surface area contributed by atoms with Crippen molar-refractivity contribution in [3.8, 4) is 5.75 Å².